The van der Waals surface area contributed by atoms with Gasteiger partial charge in [-0.1, -0.05) is 64.6 Å². The first-order valence-corrected chi connectivity index (χ1v) is 25.0. The number of ether oxygens (including phenoxy) is 2. The molecule has 0 radical (unpaired) electrons. The Morgan fingerprint density at radius 1 is 1.00 bits per heavy atom. The van der Waals surface area contributed by atoms with Crippen LogP contribution < -0.4 is 10.7 Å². The number of likely N-dealkylation sites (tertiary alicyclic amines) is 2. The molecule has 378 valence electrons. The largest absolute Gasteiger partial charge is 0.467 e. The molecule has 0 saturated carbocycles. The highest BCUT2D eigenvalue weighted by Crippen LogP contribution is 2.43. The zero-order valence-electron chi connectivity index (χ0n) is 43.0. The number of nitrogens with one attached hydrogen (secondary N) is 2. The van der Waals surface area contributed by atoms with Crippen molar-refractivity contribution in [2.24, 2.45) is 11.3 Å². The fourth-order valence-corrected chi connectivity index (χ4v) is 10.2. The number of nitrogens with zero attached hydrogens (tertiary/aromatic N) is 6. The van der Waals surface area contributed by atoms with Crippen molar-refractivity contribution >= 4 is 41.5 Å². The minimum absolute atomic E-state index is 0.0764. The fourth-order valence-electron chi connectivity index (χ4n) is 10.2. The second kappa shape index (κ2) is 24.3. The SMILES string of the molecule is C=CC(=O)N1CCCC1.CCn1c(-c2cc(C3CN(C)C3)cnc2C(C)OC)c(CC(C)(C)COC=O)c2cc(-c3cccc(CC(NC(=O)C(C(C)C)N(C)C=O)C(=O)N4CCCCN4)c3)ccc21. The number of pyridine rings is 1. The highest BCUT2D eigenvalue weighted by molar-refractivity contribution is 5.96. The van der Waals surface area contributed by atoms with Gasteiger partial charge >= 0.3 is 0 Å². The van der Waals surface area contributed by atoms with Gasteiger partial charge in [0.05, 0.1) is 24.1 Å². The number of likely N-dealkylation sites (N-methyl/N-ethyl adjacent to an activating group) is 2. The molecule has 4 aromatic rings. The maximum absolute atomic E-state index is 14.1. The number of fused-ring (bicyclic) bond motifs is 1. The van der Waals surface area contributed by atoms with Gasteiger partial charge in [0.2, 0.25) is 18.2 Å². The summed E-state index contributed by atoms with van der Waals surface area (Å²) in [5.41, 5.74) is 12.1. The molecule has 5 heterocycles. The van der Waals surface area contributed by atoms with Crippen molar-refractivity contribution in [1.29, 1.82) is 0 Å². The molecule has 0 bridgehead atoms. The molecule has 7 rings (SSSR count). The van der Waals surface area contributed by atoms with Gasteiger partial charge in [0.1, 0.15) is 12.1 Å². The van der Waals surface area contributed by atoms with Crippen molar-refractivity contribution in [2.45, 2.75) is 111 Å². The summed E-state index contributed by atoms with van der Waals surface area (Å²) in [7, 11) is 5.44. The Morgan fingerprint density at radius 3 is 2.33 bits per heavy atom. The van der Waals surface area contributed by atoms with Crippen LogP contribution in [0.15, 0.2) is 67.4 Å². The van der Waals surface area contributed by atoms with Crippen molar-refractivity contribution in [1.82, 2.24) is 40.0 Å². The summed E-state index contributed by atoms with van der Waals surface area (Å²) < 4.78 is 13.7. The van der Waals surface area contributed by atoms with Crippen LogP contribution in [0.2, 0.25) is 0 Å². The minimum atomic E-state index is -0.853. The van der Waals surface area contributed by atoms with E-state index in [1.54, 1.807) is 19.2 Å². The second-order valence-corrected chi connectivity index (χ2v) is 20.3. The molecule has 2 aromatic carbocycles. The first-order valence-electron chi connectivity index (χ1n) is 25.0. The van der Waals surface area contributed by atoms with Crippen LogP contribution >= 0.6 is 0 Å². The summed E-state index contributed by atoms with van der Waals surface area (Å²) in [5, 5.41) is 5.75. The Kier molecular flexibility index (Phi) is 18.5. The van der Waals surface area contributed by atoms with E-state index in [1.807, 2.05) is 44.0 Å². The molecule has 3 fully saturated rings. The molecule has 3 aliphatic heterocycles. The predicted molar refractivity (Wildman–Crippen MR) is 274 cm³/mol. The number of carbonyl (C=O) groups is 5. The molecule has 2 N–H and O–H groups in total. The van der Waals surface area contributed by atoms with Gasteiger partial charge in [0.25, 0.3) is 12.4 Å². The molecule has 2 aromatic heterocycles. The van der Waals surface area contributed by atoms with Crippen LogP contribution in [-0.2, 0) is 52.8 Å². The lowest BCUT2D eigenvalue weighted by molar-refractivity contribution is -0.142. The third-order valence-electron chi connectivity index (χ3n) is 13.9. The molecule has 4 amide bonds. The van der Waals surface area contributed by atoms with E-state index in [0.717, 1.165) is 109 Å². The van der Waals surface area contributed by atoms with Gasteiger partial charge in [0, 0.05) is 100 Å². The number of aromatic nitrogens is 2. The van der Waals surface area contributed by atoms with Crippen molar-refractivity contribution in [2.75, 3.05) is 67.1 Å². The number of carbonyl (C=O) groups excluding carboxylic acids is 5. The van der Waals surface area contributed by atoms with Crippen LogP contribution in [0.25, 0.3) is 33.3 Å². The van der Waals surface area contributed by atoms with Gasteiger partial charge in [-0.05, 0) is 111 Å². The maximum Gasteiger partial charge on any atom is 0.293 e. The van der Waals surface area contributed by atoms with E-state index in [-0.39, 0.29) is 42.8 Å². The average Bonchev–Trinajstić information content (AvgIpc) is 4.00. The van der Waals surface area contributed by atoms with Crippen molar-refractivity contribution in [3.8, 4) is 22.4 Å². The zero-order chi connectivity index (χ0) is 50.7. The quantitative estimate of drug-likeness (QED) is 0.0703. The van der Waals surface area contributed by atoms with E-state index >= 15 is 0 Å². The molecule has 0 aliphatic carbocycles. The Balaban J connectivity index is 0.000000802. The number of aryl methyl sites for hydroxylation is 1. The summed E-state index contributed by atoms with van der Waals surface area (Å²) in [6.07, 6.45) is 8.83. The van der Waals surface area contributed by atoms with E-state index in [2.05, 4.69) is 91.0 Å². The lowest BCUT2D eigenvalue weighted by Gasteiger charge is -2.36. The van der Waals surface area contributed by atoms with Crippen LogP contribution in [-0.4, -0.2) is 139 Å². The normalized spacial score (nSPS) is 16.7. The van der Waals surface area contributed by atoms with Gasteiger partial charge in [-0.3, -0.25) is 34.0 Å². The summed E-state index contributed by atoms with van der Waals surface area (Å²) in [4.78, 5) is 72.4. The van der Waals surface area contributed by atoms with Gasteiger partial charge in [-0.2, -0.15) is 0 Å². The first kappa shape index (κ1) is 53.5. The maximum atomic E-state index is 14.1. The summed E-state index contributed by atoms with van der Waals surface area (Å²) in [5.74, 6) is -0.257. The van der Waals surface area contributed by atoms with Crippen molar-refractivity contribution in [3.05, 3.63) is 89.8 Å². The summed E-state index contributed by atoms with van der Waals surface area (Å²) in [6, 6.07) is 15.5. The molecule has 0 spiro atoms. The Labute approximate surface area is 414 Å². The number of methoxy groups -OCH3 is 1. The van der Waals surface area contributed by atoms with Crippen LogP contribution in [0.4, 0.5) is 0 Å². The van der Waals surface area contributed by atoms with Crippen molar-refractivity contribution < 1.29 is 33.4 Å². The van der Waals surface area contributed by atoms with Crippen molar-refractivity contribution in [3.63, 3.8) is 0 Å². The van der Waals surface area contributed by atoms with Crippen LogP contribution in [0, 0.1) is 11.3 Å². The topological polar surface area (TPSA) is 159 Å². The molecule has 3 saturated heterocycles. The monoisotopic (exact) mass is 961 g/mol. The van der Waals surface area contributed by atoms with Crippen LogP contribution in [0.5, 0.6) is 0 Å². The Morgan fingerprint density at radius 2 is 1.71 bits per heavy atom. The van der Waals surface area contributed by atoms with Gasteiger partial charge in [-0.25, -0.2) is 5.43 Å². The standard InChI is InChI=1S/C48H65N7O6.C7H11NO/c1-10-54-42-17-16-35(34-15-13-14-33(20-34)21-41(47(59)55-19-12-11-18-50-55)51-46(58)44(31(2)3)53(8)29-56)22-38(42)40(24-48(5,6)28-61-30-57)45(54)39-23-36(37-26-52(7)27-37)25-49-43(39)32(4)60-9;1-2-7(9)8-5-3-4-6-8/h13-17,20,22-23,25,29-32,37,41,44,50H,10-12,18-19,21,24,26-28H2,1-9H3,(H,51,58);2H,1,3-6H2. The zero-order valence-corrected chi connectivity index (χ0v) is 43.0. The van der Waals surface area contributed by atoms with E-state index in [1.165, 1.54) is 16.5 Å². The summed E-state index contributed by atoms with van der Waals surface area (Å²) in [6.45, 7) is 22.2. The highest BCUT2D eigenvalue weighted by atomic mass is 16.5. The molecule has 3 atom stereocenters. The number of amides is 4. The molecule has 3 aliphatic rings. The predicted octanol–water partition coefficient (Wildman–Crippen LogP) is 6.93. The van der Waals surface area contributed by atoms with Gasteiger partial charge in [-0.15, -0.1) is 0 Å². The lowest BCUT2D eigenvalue weighted by Crippen LogP contribution is -2.58. The molecular formula is C55H76N8O7. The fraction of sp³-hybridized carbons (Fsp3) is 0.527. The molecule has 70 heavy (non-hydrogen) atoms. The number of hydrogen-bond acceptors (Lipinski definition) is 10. The van der Waals surface area contributed by atoms with E-state index in [4.69, 9.17) is 14.5 Å². The molecule has 3 unspecified atom stereocenters. The number of hydrazine groups is 1. The average molecular weight is 961 g/mol. The van der Waals surface area contributed by atoms with Gasteiger partial charge in [0.15, 0.2) is 0 Å². The minimum Gasteiger partial charge on any atom is -0.467 e. The van der Waals surface area contributed by atoms with E-state index in [9.17, 15) is 24.0 Å². The lowest BCUT2D eigenvalue weighted by atomic mass is 9.83. The van der Waals surface area contributed by atoms with Gasteiger partial charge < -0.3 is 34.1 Å². The first-order chi connectivity index (χ1) is 33.5. The number of benzene rings is 2. The third kappa shape index (κ3) is 12.7. The second-order valence-electron chi connectivity index (χ2n) is 20.3. The molecule has 15 nitrogen and oxygen atoms in total. The highest BCUT2D eigenvalue weighted by Gasteiger charge is 2.34. The smallest absolute Gasteiger partial charge is 0.293 e. The Hall–Kier alpha value is -5.90. The van der Waals surface area contributed by atoms with Crippen LogP contribution in [0.1, 0.15) is 102 Å². The van der Waals surface area contributed by atoms with E-state index < -0.39 is 17.5 Å². The number of rotatable bonds is 20. The van der Waals surface area contributed by atoms with Crippen LogP contribution in [0.3, 0.4) is 0 Å². The Bertz CT molecular complexity index is 2470. The van der Waals surface area contributed by atoms with E-state index in [0.29, 0.717) is 38.3 Å². The third-order valence-corrected chi connectivity index (χ3v) is 13.9. The molecular weight excluding hydrogens is 885 g/mol. The molecule has 15 heteroatoms. The number of hydrogen-bond donors (Lipinski definition) is 2. The summed E-state index contributed by atoms with van der Waals surface area (Å²) >= 11 is 0.